The molecule has 0 amide bonds. The standard InChI is InChI=1S/C25H34N4O2/c30-25(31)23(19-7-2-1-3-8-19)29-17-13-21(14-18-29)26-15-5-4-10-22-12-11-20-9-6-16-27-24(20)28-22/h1-3,7-8,11-12,21,23,26H,4-6,9-10,13-18H2,(H,27,28)(H,30,31). The number of aliphatic carboxylic acids is 1. The fourth-order valence-electron chi connectivity index (χ4n) is 4.75. The first kappa shape index (κ1) is 21.8. The summed E-state index contributed by atoms with van der Waals surface area (Å²) >= 11 is 0. The SMILES string of the molecule is O=C(O)C(c1ccccc1)N1CCC(NCCCCc2ccc3c(n2)NCCC3)CC1. The number of nitrogens with zero attached hydrogens (tertiary/aromatic N) is 2. The number of carbonyl (C=O) groups is 1. The molecule has 1 aromatic carbocycles. The van der Waals surface area contributed by atoms with Gasteiger partial charge in [-0.1, -0.05) is 36.4 Å². The average molecular weight is 423 g/mol. The van der Waals surface area contributed by atoms with E-state index in [1.807, 2.05) is 30.3 Å². The predicted molar refractivity (Wildman–Crippen MR) is 123 cm³/mol. The number of piperidine rings is 1. The molecule has 2 aliphatic heterocycles. The summed E-state index contributed by atoms with van der Waals surface area (Å²) in [5.41, 5.74) is 3.40. The van der Waals surface area contributed by atoms with Crippen LogP contribution in [-0.4, -0.2) is 53.2 Å². The van der Waals surface area contributed by atoms with Gasteiger partial charge in [-0.15, -0.1) is 0 Å². The molecule has 0 radical (unpaired) electrons. The molecule has 0 aliphatic carbocycles. The molecular weight excluding hydrogens is 388 g/mol. The van der Waals surface area contributed by atoms with E-state index in [1.165, 1.54) is 17.7 Å². The van der Waals surface area contributed by atoms with E-state index >= 15 is 0 Å². The van der Waals surface area contributed by atoms with Crippen LogP contribution in [0.1, 0.15) is 55.0 Å². The van der Waals surface area contributed by atoms with E-state index in [2.05, 4.69) is 27.7 Å². The summed E-state index contributed by atoms with van der Waals surface area (Å²) in [6.07, 6.45) is 7.61. The zero-order valence-corrected chi connectivity index (χ0v) is 18.2. The normalized spacial score (nSPS) is 18.2. The van der Waals surface area contributed by atoms with Crippen LogP contribution in [0.15, 0.2) is 42.5 Å². The first-order valence-corrected chi connectivity index (χ1v) is 11.7. The summed E-state index contributed by atoms with van der Waals surface area (Å²) in [5, 5.41) is 16.8. The van der Waals surface area contributed by atoms with Crippen molar-refractivity contribution in [2.75, 3.05) is 31.5 Å². The Bertz CT molecular complexity index is 850. The molecule has 6 heteroatoms. The van der Waals surface area contributed by atoms with Crippen molar-refractivity contribution in [1.29, 1.82) is 0 Å². The van der Waals surface area contributed by atoms with Gasteiger partial charge in [0.05, 0.1) is 0 Å². The highest BCUT2D eigenvalue weighted by Crippen LogP contribution is 2.25. The van der Waals surface area contributed by atoms with Gasteiger partial charge < -0.3 is 15.7 Å². The fourth-order valence-corrected chi connectivity index (χ4v) is 4.75. The number of rotatable bonds is 9. The minimum atomic E-state index is -0.761. The second-order valence-corrected chi connectivity index (χ2v) is 8.71. The Balaban J connectivity index is 1.16. The van der Waals surface area contributed by atoms with E-state index in [1.54, 1.807) is 0 Å². The van der Waals surface area contributed by atoms with Crippen molar-refractivity contribution in [3.8, 4) is 0 Å². The van der Waals surface area contributed by atoms with Gasteiger partial charge in [0.25, 0.3) is 0 Å². The summed E-state index contributed by atoms with van der Waals surface area (Å²) in [7, 11) is 0. The molecule has 2 aliphatic rings. The minimum Gasteiger partial charge on any atom is -0.480 e. The highest BCUT2D eigenvalue weighted by Gasteiger charge is 2.30. The molecule has 1 saturated heterocycles. The fraction of sp³-hybridized carbons (Fsp3) is 0.520. The molecule has 166 valence electrons. The van der Waals surface area contributed by atoms with E-state index in [0.29, 0.717) is 6.04 Å². The van der Waals surface area contributed by atoms with Crippen molar-refractivity contribution in [1.82, 2.24) is 15.2 Å². The van der Waals surface area contributed by atoms with Crippen molar-refractivity contribution >= 4 is 11.8 Å². The number of hydrogen-bond donors (Lipinski definition) is 3. The Morgan fingerprint density at radius 3 is 2.74 bits per heavy atom. The van der Waals surface area contributed by atoms with Crippen molar-refractivity contribution < 1.29 is 9.90 Å². The molecule has 2 aromatic rings. The number of unbranched alkanes of at least 4 members (excludes halogenated alkanes) is 1. The second kappa shape index (κ2) is 10.7. The van der Waals surface area contributed by atoms with Gasteiger partial charge in [-0.2, -0.15) is 0 Å². The quantitative estimate of drug-likeness (QED) is 0.536. The third-order valence-corrected chi connectivity index (χ3v) is 6.49. The lowest BCUT2D eigenvalue weighted by Crippen LogP contribution is -2.45. The number of aryl methyl sites for hydroxylation is 2. The van der Waals surface area contributed by atoms with Crippen LogP contribution in [0.2, 0.25) is 0 Å². The summed E-state index contributed by atoms with van der Waals surface area (Å²) in [6.45, 7) is 3.67. The molecule has 0 bridgehead atoms. The third-order valence-electron chi connectivity index (χ3n) is 6.49. The number of anilines is 1. The van der Waals surface area contributed by atoms with E-state index in [4.69, 9.17) is 4.98 Å². The van der Waals surface area contributed by atoms with Crippen LogP contribution in [0.3, 0.4) is 0 Å². The highest BCUT2D eigenvalue weighted by molar-refractivity contribution is 5.75. The number of hydrogen-bond acceptors (Lipinski definition) is 5. The van der Waals surface area contributed by atoms with Crippen LogP contribution in [0.5, 0.6) is 0 Å². The zero-order valence-electron chi connectivity index (χ0n) is 18.2. The Hall–Kier alpha value is -2.44. The number of carboxylic acid groups (broad SMARTS) is 1. The number of fused-ring (bicyclic) bond motifs is 1. The molecule has 4 rings (SSSR count). The zero-order chi connectivity index (χ0) is 21.5. The Labute approximate surface area is 185 Å². The molecule has 3 heterocycles. The van der Waals surface area contributed by atoms with Crippen molar-refractivity contribution in [3.63, 3.8) is 0 Å². The monoisotopic (exact) mass is 422 g/mol. The number of benzene rings is 1. The second-order valence-electron chi connectivity index (χ2n) is 8.71. The van der Waals surface area contributed by atoms with Crippen LogP contribution >= 0.6 is 0 Å². The summed E-state index contributed by atoms with van der Waals surface area (Å²) in [5.74, 6) is 0.326. The number of likely N-dealkylation sites (tertiary alicyclic amines) is 1. The molecule has 6 nitrogen and oxygen atoms in total. The highest BCUT2D eigenvalue weighted by atomic mass is 16.4. The molecule has 1 atom stereocenters. The largest absolute Gasteiger partial charge is 0.480 e. The van der Waals surface area contributed by atoms with Crippen LogP contribution in [0.25, 0.3) is 0 Å². The van der Waals surface area contributed by atoms with Gasteiger partial charge in [-0.3, -0.25) is 9.69 Å². The first-order chi connectivity index (χ1) is 15.2. The maximum atomic E-state index is 11.9. The molecule has 1 fully saturated rings. The number of aromatic nitrogens is 1. The van der Waals surface area contributed by atoms with Crippen LogP contribution in [0.4, 0.5) is 5.82 Å². The van der Waals surface area contributed by atoms with E-state index in [9.17, 15) is 9.90 Å². The van der Waals surface area contributed by atoms with Crippen LogP contribution < -0.4 is 10.6 Å². The summed E-state index contributed by atoms with van der Waals surface area (Å²) < 4.78 is 0. The van der Waals surface area contributed by atoms with Gasteiger partial charge in [-0.05, 0) is 68.7 Å². The number of pyridine rings is 1. The van der Waals surface area contributed by atoms with Gasteiger partial charge in [0, 0.05) is 31.4 Å². The van der Waals surface area contributed by atoms with E-state index in [0.717, 1.165) is 76.1 Å². The average Bonchev–Trinajstić information content (AvgIpc) is 2.80. The lowest BCUT2D eigenvalue weighted by molar-refractivity contribution is -0.144. The molecule has 1 aromatic heterocycles. The Kier molecular flexibility index (Phi) is 7.54. The van der Waals surface area contributed by atoms with Crippen molar-refractivity contribution in [2.45, 2.75) is 57.0 Å². The molecule has 31 heavy (non-hydrogen) atoms. The maximum Gasteiger partial charge on any atom is 0.325 e. The Morgan fingerprint density at radius 2 is 1.97 bits per heavy atom. The molecule has 3 N–H and O–H groups in total. The van der Waals surface area contributed by atoms with Gasteiger partial charge in [-0.25, -0.2) is 4.98 Å². The molecule has 0 saturated carbocycles. The number of nitrogens with one attached hydrogen (secondary N) is 2. The van der Waals surface area contributed by atoms with Crippen LogP contribution in [0, 0.1) is 0 Å². The lowest BCUT2D eigenvalue weighted by atomic mass is 9.99. The minimum absolute atomic E-state index is 0.479. The van der Waals surface area contributed by atoms with E-state index in [-0.39, 0.29) is 0 Å². The summed E-state index contributed by atoms with van der Waals surface area (Å²) in [6, 6.07) is 13.9. The van der Waals surface area contributed by atoms with E-state index < -0.39 is 12.0 Å². The van der Waals surface area contributed by atoms with Crippen molar-refractivity contribution in [2.24, 2.45) is 0 Å². The molecule has 0 spiro atoms. The first-order valence-electron chi connectivity index (χ1n) is 11.7. The van der Waals surface area contributed by atoms with Gasteiger partial charge in [0.1, 0.15) is 11.9 Å². The summed E-state index contributed by atoms with van der Waals surface area (Å²) in [4.78, 5) is 18.7. The smallest absolute Gasteiger partial charge is 0.325 e. The van der Waals surface area contributed by atoms with Crippen molar-refractivity contribution in [3.05, 3.63) is 59.3 Å². The topological polar surface area (TPSA) is 77.5 Å². The lowest BCUT2D eigenvalue weighted by Gasteiger charge is -2.36. The predicted octanol–water partition coefficient (Wildman–Crippen LogP) is 3.64. The van der Waals surface area contributed by atoms with Gasteiger partial charge in [0.2, 0.25) is 0 Å². The maximum absolute atomic E-state index is 11.9. The molecule has 1 unspecified atom stereocenters. The molecular formula is C25H34N4O2. The van der Waals surface area contributed by atoms with Crippen LogP contribution in [-0.2, 0) is 17.6 Å². The third kappa shape index (κ3) is 5.83. The van der Waals surface area contributed by atoms with Gasteiger partial charge in [0.15, 0.2) is 0 Å². The number of carboxylic acids is 1. The Morgan fingerprint density at radius 1 is 1.16 bits per heavy atom. The van der Waals surface area contributed by atoms with Gasteiger partial charge >= 0.3 is 5.97 Å².